The molecule has 0 spiro atoms. The van der Waals surface area contributed by atoms with Crippen LogP contribution in [0, 0.1) is 0 Å². The highest BCUT2D eigenvalue weighted by Gasteiger charge is 2.21. The van der Waals surface area contributed by atoms with Gasteiger partial charge in [0.05, 0.1) is 66.9 Å². The monoisotopic (exact) mass is 1080 g/mol. The third-order valence-electron chi connectivity index (χ3n) is 16.3. The molecule has 8 aromatic carbocycles. The van der Waals surface area contributed by atoms with E-state index in [1.54, 1.807) is 0 Å². The maximum atomic E-state index is 5.64. The molecule has 8 bridgehead atoms. The van der Waals surface area contributed by atoms with Crippen LogP contribution in [-0.4, -0.2) is 58.1 Å². The van der Waals surface area contributed by atoms with Crippen molar-refractivity contribution in [1.29, 1.82) is 0 Å². The number of aromatic amines is 2. The van der Waals surface area contributed by atoms with E-state index >= 15 is 0 Å². The van der Waals surface area contributed by atoms with Gasteiger partial charge in [-0.05, 0) is 168 Å². The minimum Gasteiger partial charge on any atom is -0.354 e. The smallest absolute Gasteiger partial charge is 0.100 e. The number of nitrogens with one attached hydrogen (secondary N) is 2. The Morgan fingerprint density at radius 1 is 0.238 bits per heavy atom. The van der Waals surface area contributed by atoms with Gasteiger partial charge in [-0.3, -0.25) is 18.3 Å². The molecule has 0 atom stereocenters. The van der Waals surface area contributed by atoms with Gasteiger partial charge in [0.25, 0.3) is 0 Å². The highest BCUT2D eigenvalue weighted by atomic mass is 15.1. The Kier molecular flexibility index (Phi) is 10.6. The Morgan fingerprint density at radius 2 is 0.464 bits per heavy atom. The number of imidazole rings is 4. The summed E-state index contributed by atoms with van der Waals surface area (Å²) in [6.45, 7) is 0. The molecule has 394 valence electrons. The van der Waals surface area contributed by atoms with Gasteiger partial charge in [-0.25, -0.2) is 29.9 Å². The van der Waals surface area contributed by atoms with Crippen molar-refractivity contribution in [1.82, 2.24) is 58.1 Å². The first kappa shape index (κ1) is 47.1. The molecule has 12 nitrogen and oxygen atoms in total. The normalized spacial score (nSPS) is 12.2. The molecular formula is C72H46N12. The number of rotatable bonds is 8. The zero-order chi connectivity index (χ0) is 55.2. The Hall–Kier alpha value is -11.8. The lowest BCUT2D eigenvalue weighted by Gasteiger charge is -2.10. The molecule has 7 aromatic heterocycles. The Labute approximate surface area is 480 Å². The van der Waals surface area contributed by atoms with E-state index in [1.807, 2.05) is 98.1 Å². The van der Waals surface area contributed by atoms with Gasteiger partial charge in [-0.1, -0.05) is 97.1 Å². The minimum absolute atomic E-state index is 0.822. The summed E-state index contributed by atoms with van der Waals surface area (Å²) in [5, 5.41) is 0. The summed E-state index contributed by atoms with van der Waals surface area (Å²) in [5.74, 6) is 0. The lowest BCUT2D eigenvalue weighted by molar-refractivity contribution is 1.09. The summed E-state index contributed by atoms with van der Waals surface area (Å²) in [6, 6.07) is 76.3. The van der Waals surface area contributed by atoms with E-state index in [0.717, 1.165) is 156 Å². The van der Waals surface area contributed by atoms with Crippen LogP contribution >= 0.6 is 0 Å². The number of aromatic nitrogens is 12. The van der Waals surface area contributed by atoms with Crippen molar-refractivity contribution in [2.75, 3.05) is 0 Å². The third kappa shape index (κ3) is 7.77. The van der Waals surface area contributed by atoms with Crippen molar-refractivity contribution >= 4 is 90.5 Å². The second-order valence-electron chi connectivity index (χ2n) is 21.1. The van der Waals surface area contributed by atoms with Crippen molar-refractivity contribution in [2.45, 2.75) is 0 Å². The lowest BCUT2D eigenvalue weighted by Crippen LogP contribution is -1.94. The number of fused-ring (bicyclic) bond motifs is 12. The number of hydrogen-bond donors (Lipinski definition) is 2. The van der Waals surface area contributed by atoms with E-state index in [2.05, 4.69) is 198 Å². The molecule has 0 saturated carbocycles. The molecule has 2 N–H and O–H groups in total. The summed E-state index contributed by atoms with van der Waals surface area (Å²) < 4.78 is 8.52. The van der Waals surface area contributed by atoms with E-state index in [4.69, 9.17) is 29.9 Å². The third-order valence-corrected chi connectivity index (χ3v) is 16.3. The molecule has 0 saturated heterocycles. The van der Waals surface area contributed by atoms with E-state index in [0.29, 0.717) is 0 Å². The van der Waals surface area contributed by atoms with E-state index in [-0.39, 0.29) is 0 Å². The molecular weight excluding hydrogens is 1030 g/mol. The largest absolute Gasteiger partial charge is 0.354 e. The van der Waals surface area contributed by atoms with Crippen LogP contribution in [0.3, 0.4) is 0 Å². The average molecular weight is 1080 g/mol. The Bertz CT molecular complexity index is 4690. The second kappa shape index (κ2) is 18.9. The zero-order valence-electron chi connectivity index (χ0n) is 44.9. The summed E-state index contributed by atoms with van der Waals surface area (Å²) in [6.07, 6.45) is 16.1. The first-order chi connectivity index (χ1) is 41.6. The highest BCUT2D eigenvalue weighted by Crippen LogP contribution is 2.40. The van der Waals surface area contributed by atoms with Crippen molar-refractivity contribution < 1.29 is 0 Å². The quantitative estimate of drug-likeness (QED) is 0.156. The molecule has 0 amide bonds. The summed E-state index contributed by atoms with van der Waals surface area (Å²) in [7, 11) is 0. The van der Waals surface area contributed by atoms with Crippen molar-refractivity contribution in [3.8, 4) is 67.3 Å². The number of nitrogens with zero attached hydrogens (tertiary/aromatic N) is 10. The SMILES string of the molecule is C1=Cc2nc1c(-c1ccc(-n3cnc4ccccc43)cc1)c1ccc([nH]1)c(-c1ccc(-n3cnc4ccccc43)cc1)c1nc(c(-c3ccc(-n4cnc5ccccc54)cc3)c3ccc([nH]3)c2-c2ccc(-n3cnc4ccccc43)cc2)C=C1. The maximum Gasteiger partial charge on any atom is 0.100 e. The molecule has 0 radical (unpaired) electrons. The average Bonchev–Trinajstić information content (AvgIpc) is 3.44. The molecule has 84 heavy (non-hydrogen) atoms. The second-order valence-corrected chi connectivity index (χ2v) is 21.1. The topological polar surface area (TPSA) is 129 Å². The lowest BCUT2D eigenvalue weighted by atomic mass is 10.0. The molecule has 12 heteroatoms. The number of para-hydroxylation sites is 8. The van der Waals surface area contributed by atoms with Crippen molar-refractivity contribution in [2.24, 2.45) is 0 Å². The van der Waals surface area contributed by atoms with Gasteiger partial charge >= 0.3 is 0 Å². The first-order valence-corrected chi connectivity index (χ1v) is 27.9. The standard InChI is InChI=1S/C72H46N12/c1-5-13-65-53(9-1)73-41-81(65)49-25-17-45(18-26-49)69-57-33-35-59(77-57)70(46-19-27-50(28-20-46)82-42-74-54-10-2-6-14-66(54)82)61-37-39-63(79-61)72(48-23-31-52(32-24-48)84-44-76-56-12-4-8-16-68(56)84)64-40-38-62(80-64)71(60-36-34-58(69)78-60)47-21-29-51(30-22-47)83-43-75-55-11-3-7-15-67(55)83/h1-44,77,80H. The van der Waals surface area contributed by atoms with Gasteiger partial charge in [-0.2, -0.15) is 0 Å². The van der Waals surface area contributed by atoms with Gasteiger partial charge in [0.1, 0.15) is 25.3 Å². The van der Waals surface area contributed by atoms with Crippen LogP contribution < -0.4 is 0 Å². The van der Waals surface area contributed by atoms with Crippen molar-refractivity contribution in [3.05, 3.63) is 266 Å². The molecule has 15 aromatic rings. The highest BCUT2D eigenvalue weighted by molar-refractivity contribution is 6.00. The minimum atomic E-state index is 0.822. The molecule has 0 aliphatic carbocycles. The molecule has 17 rings (SSSR count). The molecule has 2 aliphatic heterocycles. The fourth-order valence-corrected chi connectivity index (χ4v) is 12.2. The first-order valence-electron chi connectivity index (χ1n) is 27.9. The summed E-state index contributed by atoms with van der Waals surface area (Å²) in [5.41, 5.74) is 26.7. The van der Waals surface area contributed by atoms with Gasteiger partial charge in [0.2, 0.25) is 0 Å². The summed E-state index contributed by atoms with van der Waals surface area (Å²) in [4.78, 5) is 38.0. The van der Waals surface area contributed by atoms with Crippen LogP contribution in [-0.2, 0) is 0 Å². The van der Waals surface area contributed by atoms with Crippen LogP contribution in [0.1, 0.15) is 22.8 Å². The predicted molar refractivity (Wildman–Crippen MR) is 339 cm³/mol. The van der Waals surface area contributed by atoms with E-state index in [9.17, 15) is 0 Å². The van der Waals surface area contributed by atoms with Crippen LogP contribution in [0.15, 0.2) is 244 Å². The Morgan fingerprint density at radius 3 is 0.702 bits per heavy atom. The van der Waals surface area contributed by atoms with Crippen LogP contribution in [0.4, 0.5) is 0 Å². The molecule has 9 heterocycles. The van der Waals surface area contributed by atoms with Crippen LogP contribution in [0.25, 0.3) is 158 Å². The van der Waals surface area contributed by atoms with E-state index in [1.165, 1.54) is 0 Å². The van der Waals surface area contributed by atoms with Crippen LogP contribution in [0.2, 0.25) is 0 Å². The molecule has 2 aliphatic rings. The fraction of sp³-hybridized carbons (Fsp3) is 0. The fourth-order valence-electron chi connectivity index (χ4n) is 12.2. The van der Waals surface area contributed by atoms with Gasteiger partial charge in [0, 0.05) is 67.1 Å². The van der Waals surface area contributed by atoms with Gasteiger partial charge in [0.15, 0.2) is 0 Å². The number of hydrogen-bond acceptors (Lipinski definition) is 6. The maximum absolute atomic E-state index is 5.64. The predicted octanol–water partition coefficient (Wildman–Crippen LogP) is 16.7. The van der Waals surface area contributed by atoms with Gasteiger partial charge in [-0.15, -0.1) is 0 Å². The Balaban J connectivity index is 0.911. The van der Waals surface area contributed by atoms with Crippen LogP contribution in [0.5, 0.6) is 0 Å². The number of benzene rings is 8. The molecule has 0 unspecified atom stereocenters. The summed E-state index contributed by atoms with van der Waals surface area (Å²) >= 11 is 0. The van der Waals surface area contributed by atoms with Crippen molar-refractivity contribution in [3.63, 3.8) is 0 Å². The van der Waals surface area contributed by atoms with E-state index < -0.39 is 0 Å². The molecule has 0 fully saturated rings. The van der Waals surface area contributed by atoms with Gasteiger partial charge < -0.3 is 9.97 Å². The number of H-pyrrole nitrogens is 2. The zero-order valence-corrected chi connectivity index (χ0v) is 44.9.